The van der Waals surface area contributed by atoms with E-state index in [1.54, 1.807) is 0 Å². The fourth-order valence-electron chi connectivity index (χ4n) is 1.20. The fourth-order valence-corrected chi connectivity index (χ4v) is 1.72. The van der Waals surface area contributed by atoms with Crippen molar-refractivity contribution in [3.05, 3.63) is 51.1 Å². The zero-order valence-electron chi connectivity index (χ0n) is 8.63. The molecule has 0 heterocycles. The molecule has 0 amide bonds. The van der Waals surface area contributed by atoms with Gasteiger partial charge in [0.05, 0.1) is 0 Å². The lowest BCUT2D eigenvalue weighted by atomic mass is 10.1. The number of aryl methyl sites for hydroxylation is 1. The van der Waals surface area contributed by atoms with Crippen LogP contribution in [0.25, 0.3) is 6.08 Å². The van der Waals surface area contributed by atoms with Gasteiger partial charge in [-0.1, -0.05) is 30.4 Å². The smallest absolute Gasteiger partial charge is 0.0136 e. The van der Waals surface area contributed by atoms with E-state index >= 15 is 0 Å². The minimum atomic E-state index is 1.02. The lowest BCUT2D eigenvalue weighted by Crippen LogP contribution is -1.81. The van der Waals surface area contributed by atoms with Crippen LogP contribution < -0.4 is 0 Å². The van der Waals surface area contributed by atoms with Gasteiger partial charge in [-0.3, -0.25) is 0 Å². The molecule has 0 spiro atoms. The first-order valence-electron chi connectivity index (χ1n) is 4.78. The molecule has 0 radical (unpaired) electrons. The van der Waals surface area contributed by atoms with Crippen molar-refractivity contribution in [1.29, 1.82) is 0 Å². The van der Waals surface area contributed by atoms with E-state index in [0.29, 0.717) is 0 Å². The summed E-state index contributed by atoms with van der Waals surface area (Å²) in [5.41, 5.74) is 2.66. The third kappa shape index (κ3) is 3.66. The molecule has 0 fully saturated rings. The lowest BCUT2D eigenvalue weighted by Gasteiger charge is -2.00. The second-order valence-corrected chi connectivity index (χ2v) is 4.45. The van der Waals surface area contributed by atoms with Crippen molar-refractivity contribution in [2.24, 2.45) is 0 Å². The van der Waals surface area contributed by atoms with Gasteiger partial charge in [0, 0.05) is 3.57 Å². The van der Waals surface area contributed by atoms with Gasteiger partial charge in [-0.25, -0.2) is 0 Å². The van der Waals surface area contributed by atoms with E-state index in [-0.39, 0.29) is 0 Å². The normalized spacial score (nSPS) is 11.6. The summed E-state index contributed by atoms with van der Waals surface area (Å²) in [5, 5.41) is 0. The van der Waals surface area contributed by atoms with Crippen LogP contribution in [0, 0.1) is 10.5 Å². The molecule has 14 heavy (non-hydrogen) atoms. The van der Waals surface area contributed by atoms with E-state index in [1.807, 2.05) is 6.92 Å². The molecule has 0 aromatic heterocycles. The van der Waals surface area contributed by atoms with Gasteiger partial charge in [0.1, 0.15) is 0 Å². The van der Waals surface area contributed by atoms with Crippen LogP contribution in [0.5, 0.6) is 0 Å². The average Bonchev–Trinajstić information content (AvgIpc) is 2.18. The Morgan fingerprint density at radius 3 is 2.79 bits per heavy atom. The summed E-state index contributed by atoms with van der Waals surface area (Å²) >= 11 is 2.34. The fraction of sp³-hybridized carbons (Fsp3) is 0.231. The highest BCUT2D eigenvalue weighted by molar-refractivity contribution is 14.1. The van der Waals surface area contributed by atoms with E-state index in [4.69, 9.17) is 0 Å². The molecule has 1 heteroatoms. The third-order valence-corrected chi connectivity index (χ3v) is 2.72. The van der Waals surface area contributed by atoms with Crippen LogP contribution in [-0.4, -0.2) is 0 Å². The standard InChI is InChI=1S/C13H15I/c1-3-4-5-6-7-12-10-13(14)9-8-11(12)2/h3-4,6-10H,5H2,1-2H3/b4-3-,7-6-. The van der Waals surface area contributed by atoms with Crippen LogP contribution in [-0.2, 0) is 0 Å². The molecular weight excluding hydrogens is 283 g/mol. The van der Waals surface area contributed by atoms with E-state index in [2.05, 4.69) is 72.0 Å². The maximum absolute atomic E-state index is 2.34. The monoisotopic (exact) mass is 298 g/mol. The quantitative estimate of drug-likeness (QED) is 0.566. The predicted molar refractivity (Wildman–Crippen MR) is 72.4 cm³/mol. The number of rotatable bonds is 3. The molecule has 0 aliphatic carbocycles. The Hall–Kier alpha value is -0.570. The van der Waals surface area contributed by atoms with Crippen LogP contribution in [0.1, 0.15) is 24.5 Å². The highest BCUT2D eigenvalue weighted by Gasteiger charge is 1.93. The van der Waals surface area contributed by atoms with Crippen molar-refractivity contribution < 1.29 is 0 Å². The van der Waals surface area contributed by atoms with Crippen molar-refractivity contribution in [3.63, 3.8) is 0 Å². The van der Waals surface area contributed by atoms with Crippen LogP contribution in [0.15, 0.2) is 36.4 Å². The zero-order valence-corrected chi connectivity index (χ0v) is 10.8. The minimum absolute atomic E-state index is 1.02. The average molecular weight is 298 g/mol. The summed E-state index contributed by atoms with van der Waals surface area (Å²) < 4.78 is 1.29. The Morgan fingerprint density at radius 1 is 1.29 bits per heavy atom. The highest BCUT2D eigenvalue weighted by atomic mass is 127. The largest absolute Gasteiger partial charge is 0.0914 e. The van der Waals surface area contributed by atoms with Gasteiger partial charge in [0.25, 0.3) is 0 Å². The van der Waals surface area contributed by atoms with Gasteiger partial charge < -0.3 is 0 Å². The number of benzene rings is 1. The van der Waals surface area contributed by atoms with E-state index in [9.17, 15) is 0 Å². The number of halogens is 1. The van der Waals surface area contributed by atoms with Gasteiger partial charge in [0.2, 0.25) is 0 Å². The number of hydrogen-bond acceptors (Lipinski definition) is 0. The predicted octanol–water partition coefficient (Wildman–Crippen LogP) is 4.58. The van der Waals surface area contributed by atoms with E-state index in [0.717, 1.165) is 6.42 Å². The van der Waals surface area contributed by atoms with Gasteiger partial charge >= 0.3 is 0 Å². The number of allylic oxidation sites excluding steroid dienone is 3. The van der Waals surface area contributed by atoms with Crippen molar-refractivity contribution in [2.75, 3.05) is 0 Å². The van der Waals surface area contributed by atoms with Crippen molar-refractivity contribution in [3.8, 4) is 0 Å². The van der Waals surface area contributed by atoms with Gasteiger partial charge in [-0.15, -0.1) is 0 Å². The van der Waals surface area contributed by atoms with E-state index < -0.39 is 0 Å². The molecule has 0 saturated heterocycles. The molecule has 0 unspecified atom stereocenters. The van der Waals surface area contributed by atoms with Gasteiger partial charge in [-0.05, 0) is 66.1 Å². The maximum atomic E-state index is 2.34. The first-order chi connectivity index (χ1) is 6.74. The molecule has 0 nitrogen and oxygen atoms in total. The van der Waals surface area contributed by atoms with Gasteiger partial charge in [0.15, 0.2) is 0 Å². The summed E-state index contributed by atoms with van der Waals surface area (Å²) in [7, 11) is 0. The maximum Gasteiger partial charge on any atom is 0.0136 e. The molecule has 0 atom stereocenters. The Morgan fingerprint density at radius 2 is 2.07 bits per heavy atom. The summed E-state index contributed by atoms with van der Waals surface area (Å²) in [6, 6.07) is 6.51. The summed E-state index contributed by atoms with van der Waals surface area (Å²) in [6.45, 7) is 4.19. The first-order valence-corrected chi connectivity index (χ1v) is 5.85. The third-order valence-electron chi connectivity index (χ3n) is 2.05. The minimum Gasteiger partial charge on any atom is -0.0914 e. The summed E-state index contributed by atoms with van der Waals surface area (Å²) in [5.74, 6) is 0. The molecule has 0 aliphatic rings. The van der Waals surface area contributed by atoms with Crippen LogP contribution in [0.3, 0.4) is 0 Å². The molecule has 74 valence electrons. The second-order valence-electron chi connectivity index (χ2n) is 3.21. The first kappa shape index (κ1) is 11.5. The van der Waals surface area contributed by atoms with Gasteiger partial charge in [-0.2, -0.15) is 0 Å². The van der Waals surface area contributed by atoms with Crippen molar-refractivity contribution in [2.45, 2.75) is 20.3 Å². The molecule has 1 aromatic rings. The zero-order chi connectivity index (χ0) is 10.4. The SMILES string of the molecule is C/C=C\C/C=C\c1cc(I)ccc1C. The Bertz CT molecular complexity index is 348. The molecule has 1 rings (SSSR count). The van der Waals surface area contributed by atoms with Crippen LogP contribution in [0.4, 0.5) is 0 Å². The molecular formula is C13H15I. The summed E-state index contributed by atoms with van der Waals surface area (Å²) in [4.78, 5) is 0. The summed E-state index contributed by atoms with van der Waals surface area (Å²) in [6.07, 6.45) is 9.63. The lowest BCUT2D eigenvalue weighted by molar-refractivity contribution is 1.37. The Labute approximate surface area is 99.9 Å². The Balaban J connectivity index is 2.75. The topological polar surface area (TPSA) is 0 Å². The second kappa shape index (κ2) is 6.02. The molecule has 0 N–H and O–H groups in total. The number of hydrogen-bond donors (Lipinski definition) is 0. The van der Waals surface area contributed by atoms with Crippen molar-refractivity contribution in [1.82, 2.24) is 0 Å². The molecule has 0 aliphatic heterocycles. The van der Waals surface area contributed by atoms with Crippen molar-refractivity contribution >= 4 is 28.7 Å². The highest BCUT2D eigenvalue weighted by Crippen LogP contribution is 2.14. The van der Waals surface area contributed by atoms with Crippen LogP contribution >= 0.6 is 22.6 Å². The molecule has 0 saturated carbocycles. The van der Waals surface area contributed by atoms with E-state index in [1.165, 1.54) is 14.7 Å². The Kier molecular flexibility index (Phi) is 4.94. The van der Waals surface area contributed by atoms with Crippen LogP contribution in [0.2, 0.25) is 0 Å². The molecule has 1 aromatic carbocycles. The molecule has 0 bridgehead atoms.